The molecular formula is C16H15ClN2O3S. The second-order valence-corrected chi connectivity index (χ2v) is 6.79. The van der Waals surface area contributed by atoms with Gasteiger partial charge in [-0.3, -0.25) is 9.36 Å². The largest absolute Gasteiger partial charge is 0.420 e. The SMILES string of the molecule is CC(Cc1cccs1)NC(=O)Cn1c(=O)oc2cc(Cl)ccc21. The van der Waals surface area contributed by atoms with Crippen molar-refractivity contribution >= 4 is 39.9 Å². The van der Waals surface area contributed by atoms with Crippen molar-refractivity contribution in [1.82, 2.24) is 9.88 Å². The molecule has 0 aliphatic carbocycles. The maximum atomic E-state index is 12.2. The Balaban J connectivity index is 1.70. The second-order valence-electron chi connectivity index (χ2n) is 5.32. The fourth-order valence-electron chi connectivity index (χ4n) is 2.44. The highest BCUT2D eigenvalue weighted by Gasteiger charge is 2.15. The van der Waals surface area contributed by atoms with E-state index in [1.807, 2.05) is 24.4 Å². The Morgan fingerprint density at radius 3 is 3.00 bits per heavy atom. The number of halogens is 1. The van der Waals surface area contributed by atoms with E-state index in [1.165, 1.54) is 9.44 Å². The Morgan fingerprint density at radius 1 is 1.43 bits per heavy atom. The maximum Gasteiger partial charge on any atom is 0.420 e. The van der Waals surface area contributed by atoms with Crippen molar-refractivity contribution < 1.29 is 9.21 Å². The number of benzene rings is 1. The van der Waals surface area contributed by atoms with E-state index in [-0.39, 0.29) is 18.5 Å². The number of oxazole rings is 1. The van der Waals surface area contributed by atoms with Crippen molar-refractivity contribution in [2.75, 3.05) is 0 Å². The molecule has 0 fully saturated rings. The highest BCUT2D eigenvalue weighted by atomic mass is 35.5. The van der Waals surface area contributed by atoms with E-state index >= 15 is 0 Å². The van der Waals surface area contributed by atoms with Crippen LogP contribution in [0.5, 0.6) is 0 Å². The van der Waals surface area contributed by atoms with Crippen molar-refractivity contribution in [2.45, 2.75) is 25.9 Å². The van der Waals surface area contributed by atoms with Gasteiger partial charge in [0.1, 0.15) is 6.54 Å². The Morgan fingerprint density at radius 2 is 2.26 bits per heavy atom. The summed E-state index contributed by atoms with van der Waals surface area (Å²) < 4.78 is 6.42. The molecule has 1 N–H and O–H groups in total. The van der Waals surface area contributed by atoms with Gasteiger partial charge in [0.25, 0.3) is 0 Å². The summed E-state index contributed by atoms with van der Waals surface area (Å²) in [5.41, 5.74) is 0.933. The van der Waals surface area contributed by atoms with E-state index in [0.717, 1.165) is 6.42 Å². The molecule has 1 atom stereocenters. The lowest BCUT2D eigenvalue weighted by atomic mass is 10.2. The Bertz CT molecular complexity index is 883. The average Bonchev–Trinajstić information content (AvgIpc) is 3.07. The van der Waals surface area contributed by atoms with Gasteiger partial charge in [0.2, 0.25) is 5.91 Å². The summed E-state index contributed by atoms with van der Waals surface area (Å²) in [6.45, 7) is 1.86. The van der Waals surface area contributed by atoms with E-state index in [2.05, 4.69) is 5.32 Å². The molecule has 3 rings (SSSR count). The van der Waals surface area contributed by atoms with Crippen LogP contribution in [0, 0.1) is 0 Å². The lowest BCUT2D eigenvalue weighted by Gasteiger charge is -2.13. The van der Waals surface area contributed by atoms with Gasteiger partial charge in [0.15, 0.2) is 5.58 Å². The van der Waals surface area contributed by atoms with Gasteiger partial charge in [0, 0.05) is 28.4 Å². The van der Waals surface area contributed by atoms with Crippen LogP contribution in [0.2, 0.25) is 5.02 Å². The molecule has 2 heterocycles. The minimum atomic E-state index is -0.566. The molecule has 23 heavy (non-hydrogen) atoms. The third kappa shape index (κ3) is 3.65. The van der Waals surface area contributed by atoms with Gasteiger partial charge in [-0.05, 0) is 30.5 Å². The van der Waals surface area contributed by atoms with Gasteiger partial charge in [-0.15, -0.1) is 11.3 Å². The van der Waals surface area contributed by atoms with Gasteiger partial charge in [-0.25, -0.2) is 4.79 Å². The van der Waals surface area contributed by atoms with Crippen LogP contribution >= 0.6 is 22.9 Å². The van der Waals surface area contributed by atoms with E-state index in [4.69, 9.17) is 16.0 Å². The number of hydrogen-bond donors (Lipinski definition) is 1. The Hall–Kier alpha value is -2.05. The molecule has 2 aromatic heterocycles. The number of carbonyl (C=O) groups is 1. The van der Waals surface area contributed by atoms with Crippen molar-refractivity contribution in [3.63, 3.8) is 0 Å². The van der Waals surface area contributed by atoms with Crippen LogP contribution in [0.3, 0.4) is 0 Å². The smallest absolute Gasteiger partial charge is 0.408 e. The fourth-order valence-corrected chi connectivity index (χ4v) is 3.43. The number of rotatable bonds is 5. The molecule has 0 aliphatic heterocycles. The number of thiophene rings is 1. The number of aromatic nitrogens is 1. The van der Waals surface area contributed by atoms with Crippen LogP contribution in [0.25, 0.3) is 11.1 Å². The molecule has 3 aromatic rings. The monoisotopic (exact) mass is 350 g/mol. The van der Waals surface area contributed by atoms with Crippen LogP contribution in [0.4, 0.5) is 0 Å². The summed E-state index contributed by atoms with van der Waals surface area (Å²) in [5.74, 6) is -0.794. The molecule has 7 heteroatoms. The minimum absolute atomic E-state index is 0.00976. The first-order valence-electron chi connectivity index (χ1n) is 7.13. The Kier molecular flexibility index (Phi) is 4.54. The molecule has 0 saturated carbocycles. The first-order chi connectivity index (χ1) is 11.0. The molecule has 1 amide bonds. The van der Waals surface area contributed by atoms with Crippen molar-refractivity contribution in [3.05, 3.63) is 56.2 Å². The van der Waals surface area contributed by atoms with E-state index in [1.54, 1.807) is 29.5 Å². The summed E-state index contributed by atoms with van der Waals surface area (Å²) in [4.78, 5) is 25.3. The number of amides is 1. The summed E-state index contributed by atoms with van der Waals surface area (Å²) in [7, 11) is 0. The predicted octanol–water partition coefficient (Wildman–Crippen LogP) is 3.06. The van der Waals surface area contributed by atoms with Crippen molar-refractivity contribution in [3.8, 4) is 0 Å². The van der Waals surface area contributed by atoms with Gasteiger partial charge >= 0.3 is 5.76 Å². The predicted molar refractivity (Wildman–Crippen MR) is 91.1 cm³/mol. The fraction of sp³-hybridized carbons (Fsp3) is 0.250. The molecule has 0 radical (unpaired) electrons. The molecule has 120 valence electrons. The lowest BCUT2D eigenvalue weighted by molar-refractivity contribution is -0.122. The lowest BCUT2D eigenvalue weighted by Crippen LogP contribution is -2.37. The molecular weight excluding hydrogens is 336 g/mol. The van der Waals surface area contributed by atoms with Crippen LogP contribution in [-0.4, -0.2) is 16.5 Å². The van der Waals surface area contributed by atoms with Crippen LogP contribution in [0.15, 0.2) is 44.9 Å². The third-order valence-corrected chi connectivity index (χ3v) is 4.56. The van der Waals surface area contributed by atoms with Crippen LogP contribution in [-0.2, 0) is 17.8 Å². The summed E-state index contributed by atoms with van der Waals surface area (Å²) in [6.07, 6.45) is 0.764. The molecule has 0 aliphatic rings. The quantitative estimate of drug-likeness (QED) is 0.769. The molecule has 0 saturated heterocycles. The number of fused-ring (bicyclic) bond motifs is 1. The zero-order valence-electron chi connectivity index (χ0n) is 12.4. The molecule has 1 aromatic carbocycles. The van der Waals surface area contributed by atoms with Gasteiger partial charge in [0.05, 0.1) is 5.52 Å². The maximum absolute atomic E-state index is 12.2. The summed E-state index contributed by atoms with van der Waals surface area (Å²) in [5, 5.41) is 5.39. The standard InChI is InChI=1S/C16H15ClN2O3S/c1-10(7-12-3-2-6-23-12)18-15(20)9-19-13-5-4-11(17)8-14(13)22-16(19)21/h2-6,8,10H,7,9H2,1H3,(H,18,20). The van der Waals surface area contributed by atoms with E-state index in [0.29, 0.717) is 16.1 Å². The van der Waals surface area contributed by atoms with Gasteiger partial charge in [-0.2, -0.15) is 0 Å². The normalized spacial score (nSPS) is 12.4. The average molecular weight is 351 g/mol. The number of nitrogens with zero attached hydrogens (tertiary/aromatic N) is 1. The highest BCUT2D eigenvalue weighted by molar-refractivity contribution is 7.09. The van der Waals surface area contributed by atoms with E-state index < -0.39 is 5.76 Å². The topological polar surface area (TPSA) is 64.2 Å². The Labute approximate surface area is 141 Å². The molecule has 5 nitrogen and oxygen atoms in total. The second kappa shape index (κ2) is 6.60. The summed E-state index contributed by atoms with van der Waals surface area (Å²) in [6, 6.07) is 8.90. The van der Waals surface area contributed by atoms with Gasteiger partial charge < -0.3 is 9.73 Å². The zero-order chi connectivity index (χ0) is 16.4. The van der Waals surface area contributed by atoms with Crippen molar-refractivity contribution in [2.24, 2.45) is 0 Å². The van der Waals surface area contributed by atoms with Crippen LogP contribution < -0.4 is 11.1 Å². The van der Waals surface area contributed by atoms with Gasteiger partial charge in [-0.1, -0.05) is 17.7 Å². The first kappa shape index (κ1) is 15.8. The third-order valence-electron chi connectivity index (χ3n) is 3.43. The minimum Gasteiger partial charge on any atom is -0.408 e. The van der Waals surface area contributed by atoms with Crippen LogP contribution in [0.1, 0.15) is 11.8 Å². The van der Waals surface area contributed by atoms with E-state index in [9.17, 15) is 9.59 Å². The molecule has 0 bridgehead atoms. The highest BCUT2D eigenvalue weighted by Crippen LogP contribution is 2.18. The molecule has 0 spiro atoms. The summed E-state index contributed by atoms with van der Waals surface area (Å²) >= 11 is 7.53. The number of nitrogens with one attached hydrogen (secondary N) is 1. The number of carbonyl (C=O) groups excluding carboxylic acids is 1. The molecule has 1 unspecified atom stereocenters. The first-order valence-corrected chi connectivity index (χ1v) is 8.39. The van der Waals surface area contributed by atoms with Crippen molar-refractivity contribution in [1.29, 1.82) is 0 Å². The number of hydrogen-bond acceptors (Lipinski definition) is 4. The zero-order valence-corrected chi connectivity index (χ0v) is 14.0.